The average molecular weight is 324 g/mol. The van der Waals surface area contributed by atoms with Gasteiger partial charge in [0.1, 0.15) is 24.0 Å². The summed E-state index contributed by atoms with van der Waals surface area (Å²) in [5.74, 6) is 0. The van der Waals surface area contributed by atoms with E-state index in [1.165, 1.54) is 0 Å². The van der Waals surface area contributed by atoms with Crippen LogP contribution >= 0.6 is 34.8 Å². The molecule has 2 N–H and O–H groups in total. The molecule has 1 saturated heterocycles. The van der Waals surface area contributed by atoms with Crippen LogP contribution in [-0.2, 0) is 4.74 Å². The summed E-state index contributed by atoms with van der Waals surface area (Å²) in [6.07, 6.45) is -1.22. The summed E-state index contributed by atoms with van der Waals surface area (Å²) in [4.78, 5) is 4.13. The number of hydrogen-bond donors (Lipinski definition) is 2. The largest absolute Gasteiger partial charge is 0.388 e. The number of imidazole rings is 1. The summed E-state index contributed by atoms with van der Waals surface area (Å²) in [5, 5.41) is 20.3. The van der Waals surface area contributed by atoms with Crippen LogP contribution in [0.25, 0.3) is 5.65 Å². The molecule has 19 heavy (non-hydrogen) atoms. The lowest BCUT2D eigenvalue weighted by Crippen LogP contribution is -2.25. The fourth-order valence-electron chi connectivity index (χ4n) is 2.13. The Morgan fingerprint density at radius 3 is 2.63 bits per heavy atom. The van der Waals surface area contributed by atoms with Gasteiger partial charge in [0, 0.05) is 12.3 Å². The predicted molar refractivity (Wildman–Crippen MR) is 70.9 cm³/mol. The highest BCUT2D eigenvalue weighted by Crippen LogP contribution is 2.35. The van der Waals surface area contributed by atoms with E-state index in [0.29, 0.717) is 21.4 Å². The summed E-state index contributed by atoms with van der Waals surface area (Å²) < 4.78 is 6.96. The first-order valence-corrected chi connectivity index (χ1v) is 6.62. The van der Waals surface area contributed by atoms with Crippen molar-refractivity contribution in [3.05, 3.63) is 33.2 Å². The molecule has 2 aromatic rings. The lowest BCUT2D eigenvalue weighted by Gasteiger charge is -2.15. The van der Waals surface area contributed by atoms with Gasteiger partial charge in [-0.25, -0.2) is 4.98 Å². The number of nitrogens with zero attached hydrogens (tertiary/aromatic N) is 2. The quantitative estimate of drug-likeness (QED) is 0.843. The Morgan fingerprint density at radius 1 is 1.26 bits per heavy atom. The third kappa shape index (κ3) is 2.11. The first-order chi connectivity index (χ1) is 8.99. The number of rotatable bonds is 1. The van der Waals surface area contributed by atoms with Crippen LogP contribution < -0.4 is 0 Å². The molecule has 102 valence electrons. The molecule has 0 spiro atoms. The van der Waals surface area contributed by atoms with Crippen molar-refractivity contribution in [1.82, 2.24) is 9.38 Å². The molecule has 2 aromatic heterocycles. The Balaban J connectivity index is 2.18. The highest BCUT2D eigenvalue weighted by molar-refractivity contribution is 6.42. The van der Waals surface area contributed by atoms with Crippen molar-refractivity contribution in [2.24, 2.45) is 0 Å². The highest BCUT2D eigenvalue weighted by Gasteiger charge is 2.39. The van der Waals surface area contributed by atoms with Gasteiger partial charge in [0.15, 0.2) is 5.15 Å². The third-order valence-electron chi connectivity index (χ3n) is 3.08. The number of hydrogen-bond acceptors (Lipinski definition) is 4. The SMILES string of the molecule is O[C@@H]1[C@@H](c2c(Cl)nc3cc(Cl)c(Cl)cn23)OC[C@@H]1O. The molecule has 1 fully saturated rings. The molecule has 0 aliphatic carbocycles. The van der Waals surface area contributed by atoms with Crippen LogP contribution in [0.2, 0.25) is 15.2 Å². The van der Waals surface area contributed by atoms with Crippen LogP contribution in [0.15, 0.2) is 12.3 Å². The molecule has 0 saturated carbocycles. The Morgan fingerprint density at radius 2 is 2.00 bits per heavy atom. The van der Waals surface area contributed by atoms with E-state index in [1.807, 2.05) is 0 Å². The van der Waals surface area contributed by atoms with Gasteiger partial charge >= 0.3 is 0 Å². The van der Waals surface area contributed by atoms with Gasteiger partial charge in [0.2, 0.25) is 0 Å². The van der Waals surface area contributed by atoms with Crippen LogP contribution in [0.3, 0.4) is 0 Å². The van der Waals surface area contributed by atoms with Crippen molar-refractivity contribution in [2.45, 2.75) is 18.3 Å². The molecule has 5 nitrogen and oxygen atoms in total. The number of aromatic nitrogens is 2. The normalized spacial score (nSPS) is 27.3. The van der Waals surface area contributed by atoms with E-state index in [1.54, 1.807) is 16.7 Å². The third-order valence-corrected chi connectivity index (χ3v) is 4.07. The number of aliphatic hydroxyl groups excluding tert-OH is 2. The minimum atomic E-state index is -1.06. The van der Waals surface area contributed by atoms with E-state index in [9.17, 15) is 10.2 Å². The summed E-state index contributed by atoms with van der Waals surface area (Å²) in [6, 6.07) is 1.57. The van der Waals surface area contributed by atoms with Gasteiger partial charge in [-0.05, 0) is 0 Å². The average Bonchev–Trinajstić information content (AvgIpc) is 2.82. The molecule has 3 heterocycles. The number of fused-ring (bicyclic) bond motifs is 1. The second-order valence-corrected chi connectivity index (χ2v) is 5.47. The second kappa shape index (κ2) is 4.77. The molecule has 8 heteroatoms. The molecule has 0 unspecified atom stereocenters. The monoisotopic (exact) mass is 322 g/mol. The number of pyridine rings is 1. The van der Waals surface area contributed by atoms with Crippen LogP contribution in [0.5, 0.6) is 0 Å². The highest BCUT2D eigenvalue weighted by atomic mass is 35.5. The zero-order valence-electron chi connectivity index (χ0n) is 9.42. The van der Waals surface area contributed by atoms with E-state index in [4.69, 9.17) is 39.5 Å². The fourth-order valence-corrected chi connectivity index (χ4v) is 2.71. The molecule has 1 aliphatic rings. The van der Waals surface area contributed by atoms with Crippen molar-refractivity contribution in [1.29, 1.82) is 0 Å². The van der Waals surface area contributed by atoms with Crippen molar-refractivity contribution < 1.29 is 14.9 Å². The molecule has 0 aromatic carbocycles. The van der Waals surface area contributed by atoms with Gasteiger partial charge in [0.05, 0.1) is 22.3 Å². The maximum Gasteiger partial charge on any atom is 0.154 e. The van der Waals surface area contributed by atoms with Gasteiger partial charge in [-0.3, -0.25) is 4.40 Å². The standard InChI is InChI=1S/C11H9Cl3N2O3/c12-4-1-7-15-11(14)8(16(7)2-5(4)13)10-9(18)6(17)3-19-10/h1-2,6,9-10,17-18H,3H2/t6-,9-,10+/m0/s1. The van der Waals surface area contributed by atoms with E-state index in [2.05, 4.69) is 4.98 Å². The van der Waals surface area contributed by atoms with Crippen molar-refractivity contribution in [3.8, 4) is 0 Å². The number of aliphatic hydroxyl groups is 2. The molecular formula is C11H9Cl3N2O3. The molecular weight excluding hydrogens is 314 g/mol. The maximum absolute atomic E-state index is 9.90. The van der Waals surface area contributed by atoms with Crippen LogP contribution in [0.1, 0.15) is 11.8 Å². The molecule has 0 bridgehead atoms. The van der Waals surface area contributed by atoms with Crippen molar-refractivity contribution in [2.75, 3.05) is 6.61 Å². The van der Waals surface area contributed by atoms with E-state index >= 15 is 0 Å². The number of halogens is 3. The number of ether oxygens (including phenoxy) is 1. The second-order valence-electron chi connectivity index (χ2n) is 4.30. The minimum absolute atomic E-state index is 0.0384. The van der Waals surface area contributed by atoms with Crippen LogP contribution in [0.4, 0.5) is 0 Å². The summed E-state index contributed by atoms with van der Waals surface area (Å²) >= 11 is 18.0. The minimum Gasteiger partial charge on any atom is -0.388 e. The molecule has 0 amide bonds. The van der Waals surface area contributed by atoms with Crippen LogP contribution in [-0.4, -0.2) is 38.4 Å². The zero-order valence-corrected chi connectivity index (χ0v) is 11.7. The lowest BCUT2D eigenvalue weighted by molar-refractivity contribution is 0.0202. The smallest absolute Gasteiger partial charge is 0.154 e. The van der Waals surface area contributed by atoms with E-state index < -0.39 is 18.3 Å². The van der Waals surface area contributed by atoms with Crippen molar-refractivity contribution >= 4 is 40.4 Å². The van der Waals surface area contributed by atoms with Gasteiger partial charge in [-0.2, -0.15) is 0 Å². The molecule has 0 radical (unpaired) electrons. The zero-order chi connectivity index (χ0) is 13.7. The first-order valence-electron chi connectivity index (χ1n) is 5.49. The fraction of sp³-hybridized carbons (Fsp3) is 0.364. The first kappa shape index (κ1) is 13.4. The molecule has 1 aliphatic heterocycles. The van der Waals surface area contributed by atoms with E-state index in [0.717, 1.165) is 0 Å². The Bertz CT molecular complexity index is 646. The van der Waals surface area contributed by atoms with Crippen LogP contribution in [0, 0.1) is 0 Å². The summed E-state index contributed by atoms with van der Waals surface area (Å²) in [5.41, 5.74) is 0.936. The topological polar surface area (TPSA) is 67.0 Å². The van der Waals surface area contributed by atoms with Gasteiger partial charge in [-0.15, -0.1) is 0 Å². The molecule has 3 rings (SSSR count). The van der Waals surface area contributed by atoms with Crippen molar-refractivity contribution in [3.63, 3.8) is 0 Å². The van der Waals surface area contributed by atoms with Gasteiger partial charge < -0.3 is 14.9 Å². The van der Waals surface area contributed by atoms with Gasteiger partial charge in [0.25, 0.3) is 0 Å². The Kier molecular flexibility index (Phi) is 3.37. The Hall–Kier alpha value is -0.560. The van der Waals surface area contributed by atoms with E-state index in [-0.39, 0.29) is 11.8 Å². The predicted octanol–water partition coefficient (Wildman–Crippen LogP) is 2.09. The van der Waals surface area contributed by atoms with Gasteiger partial charge in [-0.1, -0.05) is 34.8 Å². The molecule has 3 atom stereocenters. The summed E-state index contributed by atoms with van der Waals surface area (Å²) in [6.45, 7) is 0.0384. The summed E-state index contributed by atoms with van der Waals surface area (Å²) in [7, 11) is 0. The maximum atomic E-state index is 9.90. The lowest BCUT2D eigenvalue weighted by atomic mass is 10.1. The Labute approximate surface area is 123 Å².